The first-order chi connectivity index (χ1) is 17.3. The van der Waals surface area contributed by atoms with E-state index in [1.807, 2.05) is 49.4 Å². The first-order valence-electron chi connectivity index (χ1n) is 11.1. The molecule has 0 aromatic heterocycles. The third-order valence-electron chi connectivity index (χ3n) is 5.70. The van der Waals surface area contributed by atoms with Crippen LogP contribution in [0.4, 0.5) is 4.79 Å². The molecule has 4 aromatic carbocycles. The molecule has 1 heterocycles. The van der Waals surface area contributed by atoms with Gasteiger partial charge in [0.05, 0.1) is 11.4 Å². The highest BCUT2D eigenvalue weighted by atomic mass is 32.2. The first-order valence-corrected chi connectivity index (χ1v) is 13.4. The Kier molecular flexibility index (Phi) is 6.38. The van der Waals surface area contributed by atoms with Crippen LogP contribution < -0.4 is 4.18 Å². The van der Waals surface area contributed by atoms with E-state index < -0.39 is 16.0 Å². The molecular weight excluding hydrogens is 494 g/mol. The van der Waals surface area contributed by atoms with Gasteiger partial charge in [0, 0.05) is 0 Å². The summed E-state index contributed by atoms with van der Waals surface area (Å²) in [5, 5.41) is 1.77. The van der Waals surface area contributed by atoms with E-state index in [4.69, 9.17) is 4.18 Å². The normalized spacial score (nSPS) is 15.1. The van der Waals surface area contributed by atoms with Crippen LogP contribution in [0.15, 0.2) is 101 Å². The average molecular weight is 516 g/mol. The van der Waals surface area contributed by atoms with Crippen molar-refractivity contribution in [1.29, 1.82) is 0 Å². The fourth-order valence-corrected chi connectivity index (χ4v) is 5.60. The van der Waals surface area contributed by atoms with E-state index in [1.54, 1.807) is 30.3 Å². The molecule has 1 fully saturated rings. The molecule has 36 heavy (non-hydrogen) atoms. The molecule has 0 unspecified atom stereocenters. The molecule has 2 amide bonds. The Morgan fingerprint density at radius 2 is 1.61 bits per heavy atom. The lowest BCUT2D eigenvalue weighted by Gasteiger charge is -2.13. The second-order valence-electron chi connectivity index (χ2n) is 8.37. The highest BCUT2D eigenvalue weighted by molar-refractivity contribution is 8.18. The maximum atomic E-state index is 13.0. The van der Waals surface area contributed by atoms with Gasteiger partial charge >= 0.3 is 10.1 Å². The molecule has 8 heteroatoms. The molecule has 0 atom stereocenters. The van der Waals surface area contributed by atoms with Gasteiger partial charge in [0.1, 0.15) is 10.6 Å². The van der Waals surface area contributed by atoms with Crippen LogP contribution in [-0.2, 0) is 21.5 Å². The van der Waals surface area contributed by atoms with Gasteiger partial charge in [0.25, 0.3) is 11.1 Å². The number of hydrogen-bond acceptors (Lipinski definition) is 6. The lowest BCUT2D eigenvalue weighted by molar-refractivity contribution is -0.123. The molecule has 0 radical (unpaired) electrons. The Labute approximate surface area is 213 Å². The van der Waals surface area contributed by atoms with Gasteiger partial charge in [-0.1, -0.05) is 66.2 Å². The van der Waals surface area contributed by atoms with Crippen molar-refractivity contribution in [2.24, 2.45) is 0 Å². The second kappa shape index (κ2) is 9.64. The van der Waals surface area contributed by atoms with Crippen LogP contribution in [0.5, 0.6) is 5.75 Å². The summed E-state index contributed by atoms with van der Waals surface area (Å²) in [7, 11) is -4.01. The number of rotatable bonds is 6. The molecular formula is C28H21NO5S2. The minimum absolute atomic E-state index is 0.0494. The monoisotopic (exact) mass is 515 g/mol. The van der Waals surface area contributed by atoms with Crippen molar-refractivity contribution in [2.75, 3.05) is 0 Å². The van der Waals surface area contributed by atoms with Gasteiger partial charge in [-0.05, 0) is 77.0 Å². The fraction of sp³-hybridized carbons (Fsp3) is 0.0714. The van der Waals surface area contributed by atoms with Crippen LogP contribution in [0, 0.1) is 6.92 Å². The second-order valence-corrected chi connectivity index (χ2v) is 10.9. The number of carbonyl (C=O) groups excluding carboxylic acids is 2. The van der Waals surface area contributed by atoms with Crippen molar-refractivity contribution in [3.8, 4) is 5.75 Å². The van der Waals surface area contributed by atoms with Crippen molar-refractivity contribution < 1.29 is 22.2 Å². The van der Waals surface area contributed by atoms with Crippen LogP contribution >= 0.6 is 11.8 Å². The summed E-state index contributed by atoms with van der Waals surface area (Å²) in [6, 6.07) is 26.5. The lowest BCUT2D eigenvalue weighted by atomic mass is 10.1. The van der Waals surface area contributed by atoms with Gasteiger partial charge in [-0.2, -0.15) is 8.42 Å². The molecule has 0 bridgehead atoms. The highest BCUT2D eigenvalue weighted by Gasteiger charge is 2.35. The summed E-state index contributed by atoms with van der Waals surface area (Å²) < 4.78 is 30.5. The third-order valence-corrected chi connectivity index (χ3v) is 7.87. The molecule has 1 aliphatic heterocycles. The van der Waals surface area contributed by atoms with Gasteiger partial charge in [0.15, 0.2) is 0 Å². The van der Waals surface area contributed by atoms with E-state index in [1.165, 1.54) is 29.2 Å². The van der Waals surface area contributed by atoms with E-state index in [-0.39, 0.29) is 27.3 Å². The van der Waals surface area contributed by atoms with E-state index in [0.29, 0.717) is 5.56 Å². The number of nitrogens with zero attached hydrogens (tertiary/aromatic N) is 1. The fourth-order valence-electron chi connectivity index (χ4n) is 3.84. The average Bonchev–Trinajstić information content (AvgIpc) is 3.11. The Hall–Kier alpha value is -3.88. The van der Waals surface area contributed by atoms with Crippen LogP contribution in [0.1, 0.15) is 16.7 Å². The minimum Gasteiger partial charge on any atom is -0.379 e. The van der Waals surface area contributed by atoms with Crippen LogP contribution in [0.2, 0.25) is 0 Å². The molecule has 1 saturated heterocycles. The summed E-state index contributed by atoms with van der Waals surface area (Å²) in [5.41, 5.74) is 2.34. The molecule has 4 aromatic rings. The number of aryl methyl sites for hydroxylation is 1. The summed E-state index contributed by atoms with van der Waals surface area (Å²) >= 11 is 0.856. The van der Waals surface area contributed by atoms with E-state index >= 15 is 0 Å². The molecule has 6 nitrogen and oxygen atoms in total. The first kappa shape index (κ1) is 23.8. The molecule has 0 N–H and O–H groups in total. The van der Waals surface area contributed by atoms with Crippen molar-refractivity contribution in [2.45, 2.75) is 18.4 Å². The Morgan fingerprint density at radius 3 is 2.39 bits per heavy atom. The number of thioether (sulfide) groups is 1. The maximum Gasteiger partial charge on any atom is 0.339 e. The van der Waals surface area contributed by atoms with Crippen molar-refractivity contribution in [1.82, 2.24) is 4.90 Å². The number of benzene rings is 4. The summed E-state index contributed by atoms with van der Waals surface area (Å²) in [6.45, 7) is 2.04. The van der Waals surface area contributed by atoms with Crippen molar-refractivity contribution in [3.05, 3.63) is 113 Å². The van der Waals surface area contributed by atoms with E-state index in [2.05, 4.69) is 0 Å². The minimum atomic E-state index is -4.01. The molecule has 1 aliphatic rings. The van der Waals surface area contributed by atoms with Crippen LogP contribution in [0.25, 0.3) is 16.8 Å². The van der Waals surface area contributed by atoms with Crippen LogP contribution in [-0.4, -0.2) is 24.5 Å². The predicted octanol–water partition coefficient (Wildman–Crippen LogP) is 6.15. The maximum absolute atomic E-state index is 13.0. The quantitative estimate of drug-likeness (QED) is 0.226. The Bertz CT molecular complexity index is 1630. The number of hydrogen-bond donors (Lipinski definition) is 0. The Balaban J connectivity index is 1.34. The van der Waals surface area contributed by atoms with Gasteiger partial charge in [-0.25, -0.2) is 0 Å². The number of carbonyl (C=O) groups is 2. The molecule has 0 saturated carbocycles. The topological polar surface area (TPSA) is 80.8 Å². The van der Waals surface area contributed by atoms with E-state index in [9.17, 15) is 18.0 Å². The molecule has 0 aliphatic carbocycles. The SMILES string of the molecule is Cc1ccc(S(=O)(=O)Oc2cccc(/C=C3\SC(=O)N(Cc4ccc5ccccc5c4)C3=O)c2)cc1. The zero-order valence-corrected chi connectivity index (χ0v) is 20.9. The van der Waals surface area contributed by atoms with Crippen LogP contribution in [0.3, 0.4) is 0 Å². The summed E-state index contributed by atoms with van der Waals surface area (Å²) in [4.78, 5) is 27.1. The summed E-state index contributed by atoms with van der Waals surface area (Å²) in [5.74, 6) is -0.281. The number of imide groups is 1. The molecule has 5 rings (SSSR count). The number of amides is 2. The van der Waals surface area contributed by atoms with Gasteiger partial charge in [-0.3, -0.25) is 14.5 Å². The standard InChI is InChI=1S/C28H21NO5S2/c1-19-9-13-25(14-10-19)36(32,33)34-24-8-4-5-20(16-24)17-26-27(30)29(28(31)35-26)18-21-11-12-22-6-2-3-7-23(22)15-21/h2-17H,18H2,1H3/b26-17-. The van der Waals surface area contributed by atoms with Gasteiger partial charge in [0.2, 0.25) is 0 Å². The molecule has 0 spiro atoms. The predicted molar refractivity (Wildman–Crippen MR) is 141 cm³/mol. The number of fused-ring (bicyclic) bond motifs is 1. The van der Waals surface area contributed by atoms with Gasteiger partial charge in [-0.15, -0.1) is 0 Å². The third kappa shape index (κ3) is 5.05. The largest absolute Gasteiger partial charge is 0.379 e. The van der Waals surface area contributed by atoms with E-state index in [0.717, 1.165) is 33.7 Å². The zero-order chi connectivity index (χ0) is 25.3. The Morgan fingerprint density at radius 1 is 0.861 bits per heavy atom. The highest BCUT2D eigenvalue weighted by Crippen LogP contribution is 2.34. The zero-order valence-electron chi connectivity index (χ0n) is 19.2. The summed E-state index contributed by atoms with van der Waals surface area (Å²) in [6.07, 6.45) is 1.57. The molecule has 180 valence electrons. The van der Waals surface area contributed by atoms with Crippen molar-refractivity contribution >= 4 is 49.9 Å². The smallest absolute Gasteiger partial charge is 0.339 e. The van der Waals surface area contributed by atoms with Crippen molar-refractivity contribution in [3.63, 3.8) is 0 Å². The van der Waals surface area contributed by atoms with Gasteiger partial charge < -0.3 is 4.18 Å². The lowest BCUT2D eigenvalue weighted by Crippen LogP contribution is -2.27.